The molecule has 9 nitrogen and oxygen atoms in total. The molecule has 0 aliphatic heterocycles. The molecule has 0 saturated heterocycles. The number of aliphatic carboxylic acids is 1. The Morgan fingerprint density at radius 3 is 2.33 bits per heavy atom. The maximum atomic E-state index is 12.2. The van der Waals surface area contributed by atoms with Gasteiger partial charge < -0.3 is 15.1 Å². The number of rotatable bonds is 4. The summed E-state index contributed by atoms with van der Waals surface area (Å²) in [6, 6.07) is -0.0392. The van der Waals surface area contributed by atoms with Crippen molar-refractivity contribution in [2.45, 2.75) is 19.9 Å². The zero-order valence-electron chi connectivity index (χ0n) is 12.9. The first kappa shape index (κ1) is 18.0. The van der Waals surface area contributed by atoms with Crippen molar-refractivity contribution in [3.05, 3.63) is 37.4 Å². The van der Waals surface area contributed by atoms with E-state index in [4.69, 9.17) is 11.6 Å². The van der Waals surface area contributed by atoms with Gasteiger partial charge in [-0.2, -0.15) is 0 Å². The topological polar surface area (TPSA) is 140 Å². The molecule has 0 saturated carbocycles. The number of benzene rings is 1. The molecule has 0 aliphatic rings. The number of hydrogen-bond acceptors (Lipinski definition) is 5. The summed E-state index contributed by atoms with van der Waals surface area (Å²) in [6.07, 6.45) is 0.820. The molecule has 130 valence electrons. The second-order valence-corrected chi connectivity index (χ2v) is 7.50. The van der Waals surface area contributed by atoms with Gasteiger partial charge >= 0.3 is 17.1 Å². The summed E-state index contributed by atoms with van der Waals surface area (Å²) in [5.74, 6) is -1.40. The molecule has 0 spiro atoms. The summed E-state index contributed by atoms with van der Waals surface area (Å²) in [7, 11) is -4.06. The third-order valence-corrected chi connectivity index (χ3v) is 5.09. The lowest BCUT2D eigenvalue weighted by Gasteiger charge is -2.28. The lowest BCUT2D eigenvalue weighted by molar-refractivity contribution is -0.137. The summed E-state index contributed by atoms with van der Waals surface area (Å²) in [4.78, 5) is 39.0. The van der Waals surface area contributed by atoms with Gasteiger partial charge in [-0.05, 0) is 25.5 Å². The van der Waals surface area contributed by atoms with E-state index in [-0.39, 0.29) is 21.7 Å². The largest absolute Gasteiger partial charge is 0.480 e. The number of carboxylic acid groups (broad SMARTS) is 1. The predicted octanol–water partition coefficient (Wildman–Crippen LogP) is 0.417. The van der Waals surface area contributed by atoms with Gasteiger partial charge in [0.15, 0.2) is 0 Å². The molecule has 1 aromatic heterocycles. The van der Waals surface area contributed by atoms with Crippen LogP contribution < -0.4 is 15.4 Å². The van der Waals surface area contributed by atoms with Gasteiger partial charge in [0, 0.05) is 0 Å². The van der Waals surface area contributed by atoms with Crippen molar-refractivity contribution in [3.8, 4) is 0 Å². The average molecular weight is 376 g/mol. The Hall–Kier alpha value is -2.33. The summed E-state index contributed by atoms with van der Waals surface area (Å²) in [5, 5.41) is 9.18. The zero-order valence-corrected chi connectivity index (χ0v) is 14.4. The van der Waals surface area contributed by atoms with Crippen LogP contribution in [0.4, 0.5) is 5.69 Å². The number of hydrogen-bond donors (Lipinski definition) is 3. The average Bonchev–Trinajstić information content (AvgIpc) is 2.44. The number of nitrogens with zero attached hydrogens (tertiary/aromatic N) is 1. The number of fused-ring (bicyclic) bond motifs is 1. The zero-order chi connectivity index (χ0) is 18.4. The number of sulfonamides is 1. The second-order valence-electron chi connectivity index (χ2n) is 5.26. The SMILES string of the molecule is Cc1cc2[nH]c(=O)c(=O)[nH]c2c(N(C(C)C(=O)O)S(C)(=O)=O)c1Cl. The number of carbonyl (C=O) groups is 1. The number of carboxylic acids is 1. The number of aromatic nitrogens is 2. The van der Waals surface area contributed by atoms with Gasteiger partial charge in [0.2, 0.25) is 10.0 Å². The fourth-order valence-corrected chi connectivity index (χ4v) is 3.77. The third kappa shape index (κ3) is 3.02. The lowest BCUT2D eigenvalue weighted by Crippen LogP contribution is -2.43. The molecule has 0 amide bonds. The minimum atomic E-state index is -4.06. The highest BCUT2D eigenvalue weighted by Crippen LogP contribution is 2.37. The van der Waals surface area contributed by atoms with Crippen LogP contribution in [0.5, 0.6) is 0 Å². The molecule has 1 unspecified atom stereocenters. The van der Waals surface area contributed by atoms with E-state index >= 15 is 0 Å². The molecule has 1 atom stereocenters. The quantitative estimate of drug-likeness (QED) is 0.661. The fraction of sp³-hybridized carbons (Fsp3) is 0.308. The molecular formula is C13H14ClN3O6S. The Kier molecular flexibility index (Phi) is 4.46. The van der Waals surface area contributed by atoms with Gasteiger partial charge in [-0.3, -0.25) is 13.9 Å². The smallest absolute Gasteiger partial charge is 0.327 e. The van der Waals surface area contributed by atoms with E-state index in [2.05, 4.69) is 9.97 Å². The van der Waals surface area contributed by atoms with Gasteiger partial charge in [-0.1, -0.05) is 11.6 Å². The van der Waals surface area contributed by atoms with Crippen molar-refractivity contribution in [3.63, 3.8) is 0 Å². The van der Waals surface area contributed by atoms with Crippen LogP contribution in [0, 0.1) is 6.92 Å². The van der Waals surface area contributed by atoms with Crippen LogP contribution in [0.1, 0.15) is 12.5 Å². The maximum absolute atomic E-state index is 12.2. The molecule has 1 heterocycles. The highest BCUT2D eigenvalue weighted by Gasteiger charge is 2.33. The summed E-state index contributed by atoms with van der Waals surface area (Å²) in [5.41, 5.74) is -1.70. The molecule has 0 bridgehead atoms. The van der Waals surface area contributed by atoms with Crippen molar-refractivity contribution in [1.82, 2.24) is 9.97 Å². The second kappa shape index (κ2) is 5.95. The van der Waals surface area contributed by atoms with Gasteiger partial charge in [0.05, 0.1) is 28.0 Å². The van der Waals surface area contributed by atoms with Crippen LogP contribution in [0.15, 0.2) is 15.7 Å². The normalized spacial score (nSPS) is 13.0. The number of H-pyrrole nitrogens is 2. The fourth-order valence-electron chi connectivity index (χ4n) is 2.30. The van der Waals surface area contributed by atoms with Crippen molar-refractivity contribution >= 4 is 44.3 Å². The minimum Gasteiger partial charge on any atom is -0.480 e. The number of nitrogens with one attached hydrogen (secondary N) is 2. The van der Waals surface area contributed by atoms with Crippen LogP contribution in [0.3, 0.4) is 0 Å². The van der Waals surface area contributed by atoms with E-state index < -0.39 is 33.2 Å². The molecule has 0 aliphatic carbocycles. The van der Waals surface area contributed by atoms with E-state index in [1.54, 1.807) is 6.92 Å². The van der Waals surface area contributed by atoms with Crippen LogP contribution in [0.25, 0.3) is 11.0 Å². The van der Waals surface area contributed by atoms with Crippen molar-refractivity contribution in [2.75, 3.05) is 10.6 Å². The summed E-state index contributed by atoms with van der Waals surface area (Å²) < 4.78 is 25.0. The highest BCUT2D eigenvalue weighted by molar-refractivity contribution is 7.92. The molecule has 11 heteroatoms. The summed E-state index contributed by atoms with van der Waals surface area (Å²) in [6.45, 7) is 2.72. The Labute approximate surface area is 140 Å². The first-order chi connectivity index (χ1) is 10.9. The number of aryl methyl sites for hydroxylation is 1. The van der Waals surface area contributed by atoms with Crippen LogP contribution in [-0.2, 0) is 14.8 Å². The first-order valence-electron chi connectivity index (χ1n) is 6.62. The third-order valence-electron chi connectivity index (χ3n) is 3.40. The highest BCUT2D eigenvalue weighted by atomic mass is 35.5. The van der Waals surface area contributed by atoms with Crippen molar-refractivity contribution in [2.24, 2.45) is 0 Å². The van der Waals surface area contributed by atoms with Crippen LogP contribution >= 0.6 is 11.6 Å². The maximum Gasteiger partial charge on any atom is 0.327 e. The number of aromatic amines is 2. The number of anilines is 1. The lowest BCUT2D eigenvalue weighted by atomic mass is 10.1. The molecule has 24 heavy (non-hydrogen) atoms. The Morgan fingerprint density at radius 2 is 1.83 bits per heavy atom. The van der Waals surface area contributed by atoms with E-state index in [9.17, 15) is 27.9 Å². The van der Waals surface area contributed by atoms with Crippen molar-refractivity contribution in [1.29, 1.82) is 0 Å². The predicted molar refractivity (Wildman–Crippen MR) is 89.4 cm³/mol. The van der Waals surface area contributed by atoms with Crippen LogP contribution in [0.2, 0.25) is 5.02 Å². The molecule has 2 aromatic rings. The number of halogens is 1. The molecule has 0 fully saturated rings. The molecule has 1 aromatic carbocycles. The standard InChI is InChI=1S/C13H14ClN3O6S/c1-5-4-7-9(16-12(19)11(18)15-7)10(8(5)14)17(24(3,22)23)6(2)13(20)21/h4,6H,1-3H3,(H,15,18)(H,16,19)(H,20,21). The van der Waals surface area contributed by atoms with E-state index in [0.717, 1.165) is 13.2 Å². The van der Waals surface area contributed by atoms with E-state index in [1.807, 2.05) is 0 Å². The van der Waals surface area contributed by atoms with Crippen LogP contribution in [-0.4, -0.2) is 41.8 Å². The summed E-state index contributed by atoms with van der Waals surface area (Å²) >= 11 is 6.20. The Morgan fingerprint density at radius 1 is 1.29 bits per heavy atom. The molecular weight excluding hydrogens is 362 g/mol. The molecule has 0 radical (unpaired) electrons. The van der Waals surface area contributed by atoms with Gasteiger partial charge in [-0.25, -0.2) is 13.2 Å². The van der Waals surface area contributed by atoms with Gasteiger partial charge in [-0.15, -0.1) is 0 Å². The van der Waals surface area contributed by atoms with E-state index in [1.165, 1.54) is 6.07 Å². The monoisotopic (exact) mass is 375 g/mol. The van der Waals surface area contributed by atoms with E-state index in [0.29, 0.717) is 9.87 Å². The Balaban J connectivity index is 3.04. The molecule has 3 N–H and O–H groups in total. The van der Waals surface area contributed by atoms with Crippen molar-refractivity contribution < 1.29 is 18.3 Å². The van der Waals surface area contributed by atoms with Gasteiger partial charge in [0.1, 0.15) is 6.04 Å². The molecule has 2 rings (SSSR count). The Bertz CT molecular complexity index is 1060. The van der Waals surface area contributed by atoms with Gasteiger partial charge in [0.25, 0.3) is 0 Å². The first-order valence-corrected chi connectivity index (χ1v) is 8.85. The minimum absolute atomic E-state index is 0.0521.